The van der Waals surface area contributed by atoms with E-state index in [9.17, 15) is 0 Å². The molecule has 1 heterocycles. The fourth-order valence-corrected chi connectivity index (χ4v) is 2.90. The molecule has 0 atom stereocenters. The Labute approximate surface area is 110 Å². The summed E-state index contributed by atoms with van der Waals surface area (Å²) in [7, 11) is 0. The lowest BCUT2D eigenvalue weighted by atomic mass is 9.81. The summed E-state index contributed by atoms with van der Waals surface area (Å²) >= 11 is 0. The Balaban J connectivity index is 1.81. The second kappa shape index (κ2) is 6.17. The summed E-state index contributed by atoms with van der Waals surface area (Å²) in [6.07, 6.45) is 6.91. The number of aryl methyl sites for hydroxylation is 2. The summed E-state index contributed by atoms with van der Waals surface area (Å²) in [4.78, 5) is 8.73. The molecule has 1 aromatic rings. The van der Waals surface area contributed by atoms with E-state index in [0.717, 1.165) is 35.7 Å². The van der Waals surface area contributed by atoms with E-state index in [1.807, 2.05) is 19.9 Å². The highest BCUT2D eigenvalue weighted by molar-refractivity contribution is 5.35. The van der Waals surface area contributed by atoms with Gasteiger partial charge in [-0.05, 0) is 38.5 Å². The normalized spacial score (nSPS) is 23.9. The fraction of sp³-hybridized carbons (Fsp3) is 0.733. The fourth-order valence-electron chi connectivity index (χ4n) is 2.90. The Morgan fingerprint density at radius 1 is 1.11 bits per heavy atom. The second-order valence-electron chi connectivity index (χ2n) is 5.62. The minimum atomic E-state index is 0.823. The van der Waals surface area contributed by atoms with E-state index in [-0.39, 0.29) is 0 Å². The molecule has 0 amide bonds. The van der Waals surface area contributed by atoms with Crippen molar-refractivity contribution in [3.8, 4) is 0 Å². The van der Waals surface area contributed by atoms with Gasteiger partial charge >= 0.3 is 0 Å². The first-order valence-electron chi connectivity index (χ1n) is 7.23. The Morgan fingerprint density at radius 2 is 1.78 bits per heavy atom. The van der Waals surface area contributed by atoms with Crippen molar-refractivity contribution in [2.45, 2.75) is 52.9 Å². The number of nitrogens with zero attached hydrogens (tertiary/aromatic N) is 2. The molecule has 1 aromatic heterocycles. The SMILES string of the molecule is CCC1CCC(CNc2cc(C)nc(C)n2)CC1. The predicted molar refractivity (Wildman–Crippen MR) is 75.7 cm³/mol. The van der Waals surface area contributed by atoms with Gasteiger partial charge in [0.05, 0.1) is 0 Å². The molecule has 1 saturated carbocycles. The minimum absolute atomic E-state index is 0.823. The van der Waals surface area contributed by atoms with Crippen LogP contribution >= 0.6 is 0 Å². The Kier molecular flexibility index (Phi) is 4.56. The van der Waals surface area contributed by atoms with Gasteiger partial charge in [-0.3, -0.25) is 0 Å². The molecule has 3 nitrogen and oxygen atoms in total. The molecule has 0 spiro atoms. The molecular weight excluding hydrogens is 222 g/mol. The third kappa shape index (κ3) is 3.69. The van der Waals surface area contributed by atoms with Gasteiger partial charge in [0.15, 0.2) is 0 Å². The van der Waals surface area contributed by atoms with Crippen LogP contribution in [-0.2, 0) is 0 Å². The van der Waals surface area contributed by atoms with E-state index in [1.165, 1.54) is 32.1 Å². The van der Waals surface area contributed by atoms with Crippen LogP contribution in [0, 0.1) is 25.7 Å². The topological polar surface area (TPSA) is 37.8 Å². The molecule has 1 fully saturated rings. The second-order valence-corrected chi connectivity index (χ2v) is 5.62. The lowest BCUT2D eigenvalue weighted by Crippen LogP contribution is -2.21. The summed E-state index contributed by atoms with van der Waals surface area (Å²) < 4.78 is 0. The van der Waals surface area contributed by atoms with Crippen LogP contribution in [0.4, 0.5) is 5.82 Å². The lowest BCUT2D eigenvalue weighted by Gasteiger charge is -2.28. The zero-order chi connectivity index (χ0) is 13.0. The molecule has 1 aliphatic rings. The standard InChI is InChI=1S/C15H25N3/c1-4-13-5-7-14(8-6-13)10-16-15-9-11(2)17-12(3)18-15/h9,13-14H,4-8,10H2,1-3H3,(H,16,17,18). The minimum Gasteiger partial charge on any atom is -0.370 e. The Hall–Kier alpha value is -1.12. The molecule has 1 N–H and O–H groups in total. The van der Waals surface area contributed by atoms with Crippen LogP contribution in [0.2, 0.25) is 0 Å². The van der Waals surface area contributed by atoms with Crippen molar-refractivity contribution in [2.24, 2.45) is 11.8 Å². The van der Waals surface area contributed by atoms with Gasteiger partial charge in [-0.1, -0.05) is 26.2 Å². The third-order valence-electron chi connectivity index (χ3n) is 4.08. The number of hydrogen-bond donors (Lipinski definition) is 1. The molecule has 0 unspecified atom stereocenters. The summed E-state index contributed by atoms with van der Waals surface area (Å²) in [6, 6.07) is 2.03. The zero-order valence-electron chi connectivity index (χ0n) is 11.9. The number of anilines is 1. The van der Waals surface area contributed by atoms with E-state index < -0.39 is 0 Å². The maximum absolute atomic E-state index is 4.43. The van der Waals surface area contributed by atoms with Crippen LogP contribution < -0.4 is 5.32 Å². The van der Waals surface area contributed by atoms with Crippen molar-refractivity contribution < 1.29 is 0 Å². The van der Waals surface area contributed by atoms with E-state index in [2.05, 4.69) is 22.2 Å². The van der Waals surface area contributed by atoms with Crippen LogP contribution in [-0.4, -0.2) is 16.5 Å². The van der Waals surface area contributed by atoms with Crippen molar-refractivity contribution in [2.75, 3.05) is 11.9 Å². The van der Waals surface area contributed by atoms with E-state index >= 15 is 0 Å². The van der Waals surface area contributed by atoms with Crippen LogP contribution in [0.3, 0.4) is 0 Å². The molecule has 2 rings (SSSR count). The van der Waals surface area contributed by atoms with Gasteiger partial charge in [0.2, 0.25) is 0 Å². The first-order chi connectivity index (χ1) is 8.67. The van der Waals surface area contributed by atoms with Gasteiger partial charge in [0.1, 0.15) is 11.6 Å². The molecule has 1 aliphatic carbocycles. The maximum atomic E-state index is 4.43. The largest absolute Gasteiger partial charge is 0.370 e. The molecule has 3 heteroatoms. The summed E-state index contributed by atoms with van der Waals surface area (Å²) in [5.41, 5.74) is 1.04. The first-order valence-corrected chi connectivity index (χ1v) is 7.23. The lowest BCUT2D eigenvalue weighted by molar-refractivity contribution is 0.278. The van der Waals surface area contributed by atoms with Crippen LogP contribution in [0.1, 0.15) is 50.5 Å². The van der Waals surface area contributed by atoms with Crippen molar-refractivity contribution in [3.05, 3.63) is 17.6 Å². The average Bonchev–Trinajstić information content (AvgIpc) is 2.36. The molecule has 0 radical (unpaired) electrons. The van der Waals surface area contributed by atoms with Crippen molar-refractivity contribution in [1.29, 1.82) is 0 Å². The van der Waals surface area contributed by atoms with Crippen LogP contribution in [0.15, 0.2) is 6.07 Å². The number of hydrogen-bond acceptors (Lipinski definition) is 3. The number of nitrogens with one attached hydrogen (secondary N) is 1. The summed E-state index contributed by atoms with van der Waals surface area (Å²) in [5, 5.41) is 3.48. The zero-order valence-corrected chi connectivity index (χ0v) is 11.9. The number of rotatable bonds is 4. The van der Waals surface area contributed by atoms with Crippen LogP contribution in [0.5, 0.6) is 0 Å². The summed E-state index contributed by atoms with van der Waals surface area (Å²) in [6.45, 7) is 7.35. The highest BCUT2D eigenvalue weighted by Crippen LogP contribution is 2.30. The van der Waals surface area contributed by atoms with E-state index in [1.54, 1.807) is 0 Å². The molecule has 0 aliphatic heterocycles. The van der Waals surface area contributed by atoms with Crippen LogP contribution in [0.25, 0.3) is 0 Å². The van der Waals surface area contributed by atoms with Crippen molar-refractivity contribution in [3.63, 3.8) is 0 Å². The molecule has 100 valence electrons. The van der Waals surface area contributed by atoms with Gasteiger partial charge in [-0.25, -0.2) is 9.97 Å². The van der Waals surface area contributed by atoms with Gasteiger partial charge < -0.3 is 5.32 Å². The molecule has 18 heavy (non-hydrogen) atoms. The first kappa shape index (κ1) is 13.3. The van der Waals surface area contributed by atoms with E-state index in [4.69, 9.17) is 0 Å². The van der Waals surface area contributed by atoms with Gasteiger partial charge in [0, 0.05) is 18.3 Å². The monoisotopic (exact) mass is 247 g/mol. The summed E-state index contributed by atoms with van der Waals surface area (Å²) in [5.74, 6) is 3.64. The number of aromatic nitrogens is 2. The highest BCUT2D eigenvalue weighted by Gasteiger charge is 2.19. The van der Waals surface area contributed by atoms with Gasteiger partial charge in [-0.2, -0.15) is 0 Å². The highest BCUT2D eigenvalue weighted by atomic mass is 15.0. The average molecular weight is 247 g/mol. The van der Waals surface area contributed by atoms with Crippen molar-refractivity contribution >= 4 is 5.82 Å². The van der Waals surface area contributed by atoms with Gasteiger partial charge in [-0.15, -0.1) is 0 Å². The quantitative estimate of drug-likeness (QED) is 0.881. The Bertz CT molecular complexity index is 361. The maximum Gasteiger partial charge on any atom is 0.129 e. The smallest absolute Gasteiger partial charge is 0.129 e. The predicted octanol–water partition coefficient (Wildman–Crippen LogP) is 3.72. The molecule has 0 aromatic carbocycles. The molecular formula is C15H25N3. The van der Waals surface area contributed by atoms with E-state index in [0.29, 0.717) is 0 Å². The van der Waals surface area contributed by atoms with Crippen molar-refractivity contribution in [1.82, 2.24) is 9.97 Å². The molecule has 0 saturated heterocycles. The Morgan fingerprint density at radius 3 is 2.39 bits per heavy atom. The van der Waals surface area contributed by atoms with Gasteiger partial charge in [0.25, 0.3) is 0 Å². The molecule has 0 bridgehead atoms. The third-order valence-corrected chi connectivity index (χ3v) is 4.08.